The third-order valence-electron chi connectivity index (χ3n) is 4.88. The molecule has 7 nitrogen and oxygen atoms in total. The van der Waals surface area contributed by atoms with Crippen LogP contribution in [0.15, 0.2) is 52.5 Å². The Balaban J connectivity index is 1.40. The van der Waals surface area contributed by atoms with Gasteiger partial charge in [0.2, 0.25) is 0 Å². The molecule has 0 saturated carbocycles. The fraction of sp³-hybridized carbons (Fsp3) is 0.263. The molecule has 5 rings (SSSR count). The van der Waals surface area contributed by atoms with Crippen LogP contribution >= 0.6 is 11.3 Å². The van der Waals surface area contributed by atoms with Crippen molar-refractivity contribution in [3.8, 4) is 5.69 Å². The zero-order chi connectivity index (χ0) is 18.2. The molecule has 1 saturated heterocycles. The topological polar surface area (TPSA) is 77.1 Å². The summed E-state index contributed by atoms with van der Waals surface area (Å²) in [6, 6.07) is 9.66. The number of carbonyl (C=O) groups is 1. The maximum absolute atomic E-state index is 13.1. The van der Waals surface area contributed by atoms with Crippen LogP contribution in [0.25, 0.3) is 16.8 Å². The Morgan fingerprint density at radius 2 is 2.19 bits per heavy atom. The molecule has 4 aromatic rings. The molecular formula is C19H17N5O2S. The summed E-state index contributed by atoms with van der Waals surface area (Å²) in [4.78, 5) is 20.4. The first-order valence-electron chi connectivity index (χ1n) is 8.88. The zero-order valence-electron chi connectivity index (χ0n) is 14.5. The Morgan fingerprint density at radius 3 is 3.04 bits per heavy atom. The lowest BCUT2D eigenvalue weighted by atomic mass is 9.98. The number of oxazole rings is 1. The number of piperidine rings is 1. The zero-order valence-corrected chi connectivity index (χ0v) is 15.3. The van der Waals surface area contributed by atoms with Crippen molar-refractivity contribution in [2.24, 2.45) is 0 Å². The maximum Gasteiger partial charge on any atom is 0.266 e. The largest absolute Gasteiger partial charge is 0.440 e. The van der Waals surface area contributed by atoms with Gasteiger partial charge < -0.3 is 9.32 Å². The van der Waals surface area contributed by atoms with Crippen molar-refractivity contribution in [1.82, 2.24) is 24.9 Å². The SMILES string of the molecule is O=C(c1sccc1-n1ccnn1)N1CCCC(c2nc3ccccc3o2)C1. The average Bonchev–Trinajstić information content (AvgIpc) is 3.47. The fourth-order valence-corrected chi connectivity index (χ4v) is 4.40. The molecule has 0 radical (unpaired) electrons. The molecule has 1 amide bonds. The first-order chi connectivity index (χ1) is 13.3. The van der Waals surface area contributed by atoms with E-state index in [1.165, 1.54) is 11.3 Å². The van der Waals surface area contributed by atoms with Crippen LogP contribution in [0, 0.1) is 0 Å². The Hall–Kier alpha value is -3.00. The minimum atomic E-state index is 0.0244. The molecule has 8 heteroatoms. The van der Waals surface area contributed by atoms with Crippen LogP contribution < -0.4 is 0 Å². The van der Waals surface area contributed by atoms with Gasteiger partial charge in [0.25, 0.3) is 5.91 Å². The summed E-state index contributed by atoms with van der Waals surface area (Å²) < 4.78 is 7.57. The predicted molar refractivity (Wildman–Crippen MR) is 101 cm³/mol. The average molecular weight is 379 g/mol. The molecule has 1 aliphatic heterocycles. The van der Waals surface area contributed by atoms with E-state index in [9.17, 15) is 4.79 Å². The van der Waals surface area contributed by atoms with E-state index in [1.807, 2.05) is 40.6 Å². The molecule has 136 valence electrons. The highest BCUT2D eigenvalue weighted by Gasteiger charge is 2.30. The van der Waals surface area contributed by atoms with Gasteiger partial charge in [-0.25, -0.2) is 9.67 Å². The van der Waals surface area contributed by atoms with E-state index in [2.05, 4.69) is 15.3 Å². The molecule has 0 bridgehead atoms. The van der Waals surface area contributed by atoms with Crippen LogP contribution in [0.1, 0.15) is 34.3 Å². The number of fused-ring (bicyclic) bond motifs is 1. The Kier molecular flexibility index (Phi) is 3.97. The molecule has 1 fully saturated rings. The van der Waals surface area contributed by atoms with E-state index >= 15 is 0 Å². The van der Waals surface area contributed by atoms with Crippen LogP contribution in [0.2, 0.25) is 0 Å². The smallest absolute Gasteiger partial charge is 0.266 e. The van der Waals surface area contributed by atoms with Crippen LogP contribution in [-0.2, 0) is 0 Å². The van der Waals surface area contributed by atoms with Crippen molar-refractivity contribution in [1.29, 1.82) is 0 Å². The van der Waals surface area contributed by atoms with Gasteiger partial charge in [0, 0.05) is 13.1 Å². The van der Waals surface area contributed by atoms with Crippen LogP contribution in [0.5, 0.6) is 0 Å². The van der Waals surface area contributed by atoms with Crippen molar-refractivity contribution in [2.75, 3.05) is 13.1 Å². The molecule has 1 aliphatic rings. The number of rotatable bonds is 3. The van der Waals surface area contributed by atoms with Crippen molar-refractivity contribution in [2.45, 2.75) is 18.8 Å². The highest BCUT2D eigenvalue weighted by molar-refractivity contribution is 7.12. The summed E-state index contributed by atoms with van der Waals surface area (Å²) in [5.41, 5.74) is 2.43. The number of likely N-dealkylation sites (tertiary alicyclic amines) is 1. The van der Waals surface area contributed by atoms with Gasteiger partial charge >= 0.3 is 0 Å². The lowest BCUT2D eigenvalue weighted by Gasteiger charge is -2.31. The normalized spacial score (nSPS) is 17.5. The predicted octanol–water partition coefficient (Wildman–Crippen LogP) is 3.49. The number of amides is 1. The van der Waals surface area contributed by atoms with E-state index in [0.717, 1.165) is 42.1 Å². The van der Waals surface area contributed by atoms with Crippen LogP contribution in [0.3, 0.4) is 0 Å². The lowest BCUT2D eigenvalue weighted by Crippen LogP contribution is -2.39. The quantitative estimate of drug-likeness (QED) is 0.545. The number of aromatic nitrogens is 4. The monoisotopic (exact) mass is 379 g/mol. The summed E-state index contributed by atoms with van der Waals surface area (Å²) in [5, 5.41) is 9.76. The molecule has 1 aromatic carbocycles. The van der Waals surface area contributed by atoms with Gasteiger partial charge in [-0.1, -0.05) is 17.3 Å². The summed E-state index contributed by atoms with van der Waals surface area (Å²) in [5.74, 6) is 0.859. The van der Waals surface area contributed by atoms with Crippen molar-refractivity contribution in [3.05, 3.63) is 58.9 Å². The second kappa shape index (κ2) is 6.62. The third-order valence-corrected chi connectivity index (χ3v) is 5.77. The molecule has 3 aromatic heterocycles. The highest BCUT2D eigenvalue weighted by atomic mass is 32.1. The number of carbonyl (C=O) groups excluding carboxylic acids is 1. The maximum atomic E-state index is 13.1. The molecule has 1 atom stereocenters. The minimum absolute atomic E-state index is 0.0244. The van der Waals surface area contributed by atoms with Crippen molar-refractivity contribution < 1.29 is 9.21 Å². The Labute approximate surface area is 159 Å². The number of benzene rings is 1. The first-order valence-corrected chi connectivity index (χ1v) is 9.76. The molecule has 0 N–H and O–H groups in total. The number of para-hydroxylation sites is 2. The molecular weight excluding hydrogens is 362 g/mol. The lowest BCUT2D eigenvalue weighted by molar-refractivity contribution is 0.0703. The number of hydrogen-bond acceptors (Lipinski definition) is 6. The Bertz CT molecular complexity index is 1050. The van der Waals surface area contributed by atoms with Gasteiger partial charge in [-0.3, -0.25) is 4.79 Å². The fourth-order valence-electron chi connectivity index (χ4n) is 3.55. The van der Waals surface area contributed by atoms with Crippen molar-refractivity contribution in [3.63, 3.8) is 0 Å². The molecule has 27 heavy (non-hydrogen) atoms. The molecule has 1 unspecified atom stereocenters. The molecule has 0 aliphatic carbocycles. The van der Waals surface area contributed by atoms with Gasteiger partial charge in [-0.2, -0.15) is 0 Å². The standard InChI is InChI=1S/C19H17N5O2S/c25-19(17-15(7-11-27-17)24-10-8-20-22-24)23-9-3-4-13(12-23)18-21-14-5-1-2-6-16(14)26-18/h1-2,5-8,10-11,13H,3-4,9,12H2. The summed E-state index contributed by atoms with van der Waals surface area (Å²) in [6.07, 6.45) is 5.25. The highest BCUT2D eigenvalue weighted by Crippen LogP contribution is 2.31. The van der Waals surface area contributed by atoms with E-state index in [1.54, 1.807) is 17.1 Å². The van der Waals surface area contributed by atoms with Gasteiger partial charge in [0.05, 0.1) is 24.0 Å². The van der Waals surface area contributed by atoms with Gasteiger partial charge in [-0.05, 0) is 36.4 Å². The van der Waals surface area contributed by atoms with E-state index < -0.39 is 0 Å². The molecule has 4 heterocycles. The first kappa shape index (κ1) is 16.2. The molecule has 0 spiro atoms. The Morgan fingerprint density at radius 1 is 1.26 bits per heavy atom. The van der Waals surface area contributed by atoms with E-state index in [-0.39, 0.29) is 11.8 Å². The van der Waals surface area contributed by atoms with Crippen LogP contribution in [0.4, 0.5) is 0 Å². The van der Waals surface area contributed by atoms with E-state index in [0.29, 0.717) is 11.4 Å². The van der Waals surface area contributed by atoms with Gasteiger partial charge in [0.1, 0.15) is 10.4 Å². The van der Waals surface area contributed by atoms with Crippen LogP contribution in [-0.4, -0.2) is 43.9 Å². The number of nitrogens with zero attached hydrogens (tertiary/aromatic N) is 5. The second-order valence-electron chi connectivity index (χ2n) is 6.59. The second-order valence-corrected chi connectivity index (χ2v) is 7.51. The summed E-state index contributed by atoms with van der Waals surface area (Å²) >= 11 is 1.43. The van der Waals surface area contributed by atoms with Gasteiger partial charge in [0.15, 0.2) is 11.5 Å². The van der Waals surface area contributed by atoms with E-state index in [4.69, 9.17) is 4.42 Å². The van der Waals surface area contributed by atoms with Gasteiger partial charge in [-0.15, -0.1) is 16.4 Å². The van der Waals surface area contributed by atoms with Crippen molar-refractivity contribution >= 4 is 28.3 Å². The third kappa shape index (κ3) is 2.91. The number of thiophene rings is 1. The minimum Gasteiger partial charge on any atom is -0.440 e. The summed E-state index contributed by atoms with van der Waals surface area (Å²) in [7, 11) is 0. The summed E-state index contributed by atoms with van der Waals surface area (Å²) in [6.45, 7) is 1.35. The number of hydrogen-bond donors (Lipinski definition) is 0.